The Balaban J connectivity index is 1.27. The van der Waals surface area contributed by atoms with Crippen molar-refractivity contribution < 1.29 is 13.2 Å². The number of rotatable bonds is 2. The number of fused-ring (bicyclic) bond motifs is 2. The second kappa shape index (κ2) is 7.87. The molecule has 5 rings (SSSR count). The number of H-pyrrole nitrogens is 1. The first-order chi connectivity index (χ1) is 15.0. The average molecular weight is 459 g/mol. The van der Waals surface area contributed by atoms with E-state index in [2.05, 4.69) is 21.3 Å². The molecule has 2 N–H and O–H groups in total. The second-order valence-electron chi connectivity index (χ2n) is 7.65. The molecule has 2 aromatic rings. The summed E-state index contributed by atoms with van der Waals surface area (Å²) in [5, 5.41) is 11.2. The van der Waals surface area contributed by atoms with E-state index in [-0.39, 0.29) is 30.2 Å². The van der Waals surface area contributed by atoms with Crippen LogP contribution in [0, 0.1) is 12.3 Å². The number of urea groups is 1. The van der Waals surface area contributed by atoms with Crippen molar-refractivity contribution in [3.05, 3.63) is 29.8 Å². The minimum Gasteiger partial charge on any atom is -0.345 e. The largest absolute Gasteiger partial charge is 0.345 e. The molecule has 2 amide bonds. The lowest BCUT2D eigenvalue weighted by atomic mass is 10.2. The van der Waals surface area contributed by atoms with Gasteiger partial charge in [-0.1, -0.05) is 17.7 Å². The molecule has 31 heavy (non-hydrogen) atoms. The third-order valence-electron chi connectivity index (χ3n) is 5.81. The fourth-order valence-corrected chi connectivity index (χ4v) is 6.47. The maximum Gasteiger partial charge on any atom is 0.340 e. The third kappa shape index (κ3) is 3.70. The highest BCUT2D eigenvalue weighted by Gasteiger charge is 2.35. The molecule has 2 saturated heterocycles. The number of benzene rings is 1. The minimum atomic E-state index is -3.69. The number of carbonyl (C=O) groups is 1. The van der Waals surface area contributed by atoms with Crippen molar-refractivity contribution >= 4 is 43.8 Å². The van der Waals surface area contributed by atoms with Gasteiger partial charge in [0, 0.05) is 55.1 Å². The summed E-state index contributed by atoms with van der Waals surface area (Å²) < 4.78 is 27.7. The summed E-state index contributed by atoms with van der Waals surface area (Å²) in [6.07, 6.45) is 6.27. The van der Waals surface area contributed by atoms with E-state index in [0.29, 0.717) is 30.7 Å². The Morgan fingerprint density at radius 3 is 2.77 bits per heavy atom. The number of carbonyl (C=O) groups excluding carboxylic acids is 1. The molecular weight excluding hydrogens is 436 g/mol. The van der Waals surface area contributed by atoms with Crippen LogP contribution in [0.1, 0.15) is 12.0 Å². The highest BCUT2D eigenvalue weighted by molar-refractivity contribution is 8.14. The van der Waals surface area contributed by atoms with Crippen LogP contribution in [0.15, 0.2) is 34.4 Å². The number of amides is 2. The summed E-state index contributed by atoms with van der Waals surface area (Å²) >= 11 is 1.62. The van der Waals surface area contributed by atoms with Gasteiger partial charge in [-0.05, 0) is 30.7 Å². The van der Waals surface area contributed by atoms with Gasteiger partial charge < -0.3 is 9.88 Å². The fourth-order valence-electron chi connectivity index (χ4n) is 4.04. The molecule has 0 radical (unpaired) electrons. The number of hydrogen-bond donors (Lipinski definition) is 2. The van der Waals surface area contributed by atoms with Gasteiger partial charge in [-0.3, -0.25) is 5.32 Å². The Hall–Kier alpha value is -2.52. The van der Waals surface area contributed by atoms with Gasteiger partial charge >= 0.3 is 6.03 Å². The van der Waals surface area contributed by atoms with Crippen LogP contribution in [0.3, 0.4) is 0 Å². The van der Waals surface area contributed by atoms with Gasteiger partial charge in [-0.2, -0.15) is 9.41 Å². The van der Waals surface area contributed by atoms with Crippen molar-refractivity contribution in [2.24, 2.45) is 5.10 Å². The van der Waals surface area contributed by atoms with Crippen LogP contribution < -0.4 is 5.32 Å². The summed E-state index contributed by atoms with van der Waals surface area (Å²) in [5.74, 6) is 3.38. The van der Waals surface area contributed by atoms with E-state index >= 15 is 0 Å². The van der Waals surface area contributed by atoms with Crippen molar-refractivity contribution in [2.75, 3.05) is 38.6 Å². The molecule has 0 aliphatic carbocycles. The minimum absolute atomic E-state index is 0.135. The normalized spacial score (nSPS) is 22.3. The molecule has 0 saturated carbocycles. The topological polar surface area (TPSA) is 101 Å². The molecule has 3 aliphatic rings. The summed E-state index contributed by atoms with van der Waals surface area (Å²) in [6, 6.07) is 7.03. The maximum atomic E-state index is 13.1. The summed E-state index contributed by atoms with van der Waals surface area (Å²) in [4.78, 5) is 17.5. The van der Waals surface area contributed by atoms with E-state index in [4.69, 9.17) is 6.42 Å². The van der Waals surface area contributed by atoms with Crippen LogP contribution in [0.4, 0.5) is 4.79 Å². The predicted molar refractivity (Wildman–Crippen MR) is 120 cm³/mol. The lowest BCUT2D eigenvalue weighted by molar-refractivity contribution is 0.132. The number of hydrogen-bond acceptors (Lipinski definition) is 6. The zero-order valence-electron chi connectivity index (χ0n) is 16.7. The van der Waals surface area contributed by atoms with Gasteiger partial charge in [0.15, 0.2) is 0 Å². The van der Waals surface area contributed by atoms with Crippen LogP contribution in [0.2, 0.25) is 0 Å². The number of sulfonamides is 1. The van der Waals surface area contributed by atoms with E-state index in [0.717, 1.165) is 22.7 Å². The van der Waals surface area contributed by atoms with E-state index < -0.39 is 10.0 Å². The SMILES string of the molecule is C#Cc1ccc2[nH]c(S(=O)(=O)N3CCN(C(=O)N4CCC5NCSC5=N4)CC3)cc2c1. The van der Waals surface area contributed by atoms with Gasteiger partial charge in [0.05, 0.1) is 6.04 Å². The summed E-state index contributed by atoms with van der Waals surface area (Å²) in [7, 11) is -3.69. The molecule has 0 bridgehead atoms. The zero-order valence-corrected chi connectivity index (χ0v) is 18.4. The molecule has 4 heterocycles. The molecule has 1 atom stereocenters. The first-order valence-electron chi connectivity index (χ1n) is 10.1. The number of nitrogens with one attached hydrogen (secondary N) is 2. The Kier molecular flexibility index (Phi) is 5.18. The van der Waals surface area contributed by atoms with Crippen LogP contribution >= 0.6 is 11.8 Å². The van der Waals surface area contributed by atoms with E-state index in [1.165, 1.54) is 9.31 Å². The zero-order chi connectivity index (χ0) is 21.6. The number of aromatic amines is 1. The van der Waals surface area contributed by atoms with E-state index in [1.54, 1.807) is 40.9 Å². The third-order valence-corrected chi connectivity index (χ3v) is 8.60. The number of hydrazone groups is 1. The summed E-state index contributed by atoms with van der Waals surface area (Å²) in [6.45, 7) is 1.70. The standard InChI is InChI=1S/C20H22N6O3S2/c1-2-14-3-4-16-15(11-14)12-18(22-16)31(28,29)25-9-7-24(8-10-25)20(27)26-6-5-17-19(23-26)30-13-21-17/h1,3-4,11-12,17,21-22H,5-10,13H2. The summed E-state index contributed by atoms with van der Waals surface area (Å²) in [5.41, 5.74) is 1.41. The molecular formula is C20H22N6O3S2. The van der Waals surface area contributed by atoms with Gasteiger partial charge in [0.1, 0.15) is 10.1 Å². The fraction of sp³-hybridized carbons (Fsp3) is 0.400. The second-order valence-corrected chi connectivity index (χ2v) is 10.6. The lowest BCUT2D eigenvalue weighted by Gasteiger charge is -2.36. The molecule has 1 unspecified atom stereocenters. The van der Waals surface area contributed by atoms with Crippen molar-refractivity contribution in [1.29, 1.82) is 0 Å². The lowest BCUT2D eigenvalue weighted by Crippen LogP contribution is -2.54. The molecule has 1 aromatic carbocycles. The molecule has 0 spiro atoms. The molecule has 9 nitrogen and oxygen atoms in total. The number of piperazine rings is 1. The Bertz CT molecular complexity index is 1210. The number of thioether (sulfide) groups is 1. The van der Waals surface area contributed by atoms with Crippen LogP contribution in [-0.2, 0) is 10.0 Å². The van der Waals surface area contributed by atoms with Crippen LogP contribution in [0.25, 0.3) is 10.9 Å². The van der Waals surface area contributed by atoms with Gasteiger partial charge in [-0.25, -0.2) is 18.2 Å². The molecule has 11 heteroatoms. The smallest absolute Gasteiger partial charge is 0.340 e. The van der Waals surface area contributed by atoms with E-state index in [9.17, 15) is 13.2 Å². The monoisotopic (exact) mass is 458 g/mol. The van der Waals surface area contributed by atoms with Crippen LogP contribution in [-0.4, -0.2) is 83.3 Å². The highest BCUT2D eigenvalue weighted by atomic mass is 32.2. The molecule has 2 fully saturated rings. The van der Waals surface area contributed by atoms with Crippen molar-refractivity contribution in [3.63, 3.8) is 0 Å². The van der Waals surface area contributed by atoms with Crippen molar-refractivity contribution in [2.45, 2.75) is 17.5 Å². The van der Waals surface area contributed by atoms with Crippen molar-refractivity contribution in [3.8, 4) is 12.3 Å². The van der Waals surface area contributed by atoms with Crippen LogP contribution in [0.5, 0.6) is 0 Å². The first-order valence-corrected chi connectivity index (χ1v) is 12.5. The maximum absolute atomic E-state index is 13.1. The highest BCUT2D eigenvalue weighted by Crippen LogP contribution is 2.25. The average Bonchev–Trinajstić information content (AvgIpc) is 3.44. The van der Waals surface area contributed by atoms with Gasteiger partial charge in [0.25, 0.3) is 10.0 Å². The quantitative estimate of drug-likeness (QED) is 0.660. The predicted octanol–water partition coefficient (Wildman–Crippen LogP) is 1.26. The Morgan fingerprint density at radius 2 is 2.00 bits per heavy atom. The van der Waals surface area contributed by atoms with E-state index in [1.807, 2.05) is 0 Å². The molecule has 3 aliphatic heterocycles. The number of aromatic nitrogens is 1. The van der Waals surface area contributed by atoms with Gasteiger partial charge in [-0.15, -0.1) is 6.42 Å². The molecule has 162 valence electrons. The number of nitrogens with zero attached hydrogens (tertiary/aromatic N) is 4. The Labute approximate surface area is 184 Å². The van der Waals surface area contributed by atoms with Gasteiger partial charge in [0.2, 0.25) is 0 Å². The number of terminal acetylenes is 1. The van der Waals surface area contributed by atoms with Crippen molar-refractivity contribution in [1.82, 2.24) is 24.5 Å². The first kappa shape index (κ1) is 20.4. The molecule has 1 aromatic heterocycles. The Morgan fingerprint density at radius 1 is 1.19 bits per heavy atom.